The molecule has 0 aliphatic carbocycles. The van der Waals surface area contributed by atoms with Crippen LogP contribution < -0.4 is 0 Å². The Morgan fingerprint density at radius 2 is 1.93 bits per heavy atom. The van der Waals surface area contributed by atoms with Crippen molar-refractivity contribution in [1.82, 2.24) is 10.2 Å². The first-order chi connectivity index (χ1) is 6.84. The van der Waals surface area contributed by atoms with Crippen molar-refractivity contribution in [3.05, 3.63) is 36.5 Å². The van der Waals surface area contributed by atoms with E-state index in [-0.39, 0.29) is 5.75 Å². The molecule has 0 radical (unpaired) electrons. The lowest BCUT2D eigenvalue weighted by Crippen LogP contribution is -1.75. The van der Waals surface area contributed by atoms with Gasteiger partial charge in [-0.2, -0.15) is 5.10 Å². The average Bonchev–Trinajstić information content (AvgIpc) is 2.65. The number of aromatic hydroxyl groups is 1. The van der Waals surface area contributed by atoms with Crippen LogP contribution in [0.1, 0.15) is 0 Å². The van der Waals surface area contributed by atoms with E-state index >= 15 is 0 Å². The molecule has 0 aliphatic heterocycles. The van der Waals surface area contributed by atoms with Gasteiger partial charge in [-0.15, -0.1) is 0 Å². The van der Waals surface area contributed by atoms with E-state index in [1.54, 1.807) is 12.1 Å². The zero-order valence-electron chi connectivity index (χ0n) is 7.36. The van der Waals surface area contributed by atoms with Crippen LogP contribution >= 0.6 is 0 Å². The Kier molecular flexibility index (Phi) is 1.31. The molecule has 0 amide bonds. The van der Waals surface area contributed by atoms with Crippen LogP contribution in [0.15, 0.2) is 36.5 Å². The number of rotatable bonds is 0. The van der Waals surface area contributed by atoms with Gasteiger partial charge in [0, 0.05) is 17.0 Å². The van der Waals surface area contributed by atoms with E-state index in [9.17, 15) is 5.11 Å². The number of hydrogen-bond donors (Lipinski definition) is 2. The highest BCUT2D eigenvalue weighted by atomic mass is 16.3. The Morgan fingerprint density at radius 3 is 2.86 bits per heavy atom. The van der Waals surface area contributed by atoms with Gasteiger partial charge < -0.3 is 5.11 Å². The number of aromatic nitrogens is 2. The van der Waals surface area contributed by atoms with Gasteiger partial charge in [0.1, 0.15) is 5.75 Å². The predicted molar refractivity (Wildman–Crippen MR) is 55.3 cm³/mol. The van der Waals surface area contributed by atoms with E-state index in [1.807, 2.05) is 24.4 Å². The maximum atomic E-state index is 9.32. The molecular weight excluding hydrogens is 176 g/mol. The third kappa shape index (κ3) is 0.893. The Morgan fingerprint density at radius 1 is 1.07 bits per heavy atom. The SMILES string of the molecule is Oc1ccc2c(ccc3c[nH]nc32)c1. The summed E-state index contributed by atoms with van der Waals surface area (Å²) in [7, 11) is 0. The van der Waals surface area contributed by atoms with Crippen LogP contribution in [0.25, 0.3) is 21.7 Å². The molecule has 14 heavy (non-hydrogen) atoms. The molecule has 1 heterocycles. The molecule has 0 saturated heterocycles. The van der Waals surface area contributed by atoms with Crippen LogP contribution in [0.2, 0.25) is 0 Å². The molecule has 3 aromatic rings. The summed E-state index contributed by atoms with van der Waals surface area (Å²) >= 11 is 0. The van der Waals surface area contributed by atoms with E-state index in [1.165, 1.54) is 0 Å². The first-order valence-corrected chi connectivity index (χ1v) is 4.40. The fraction of sp³-hybridized carbons (Fsp3) is 0. The van der Waals surface area contributed by atoms with Gasteiger partial charge in [-0.05, 0) is 23.6 Å². The number of phenolic OH excluding ortho intramolecular Hbond substituents is 1. The first kappa shape index (κ1) is 7.38. The molecular formula is C11H8N2O. The lowest BCUT2D eigenvalue weighted by atomic mass is 10.1. The van der Waals surface area contributed by atoms with Crippen LogP contribution in [0, 0.1) is 0 Å². The minimum Gasteiger partial charge on any atom is -0.508 e. The van der Waals surface area contributed by atoms with Crippen LogP contribution in [-0.2, 0) is 0 Å². The van der Waals surface area contributed by atoms with E-state index in [0.717, 1.165) is 21.7 Å². The third-order valence-corrected chi connectivity index (χ3v) is 2.40. The first-order valence-electron chi connectivity index (χ1n) is 4.40. The van der Waals surface area contributed by atoms with Crippen LogP contribution in [-0.4, -0.2) is 15.3 Å². The fourth-order valence-corrected chi connectivity index (χ4v) is 1.73. The zero-order chi connectivity index (χ0) is 9.54. The molecule has 68 valence electrons. The van der Waals surface area contributed by atoms with Crippen molar-refractivity contribution in [3.8, 4) is 5.75 Å². The minimum absolute atomic E-state index is 0.285. The number of nitrogens with one attached hydrogen (secondary N) is 1. The third-order valence-electron chi connectivity index (χ3n) is 2.40. The molecule has 0 bridgehead atoms. The summed E-state index contributed by atoms with van der Waals surface area (Å²) in [5, 5.41) is 19.5. The van der Waals surface area contributed by atoms with E-state index in [2.05, 4.69) is 10.2 Å². The van der Waals surface area contributed by atoms with Crippen LogP contribution in [0.3, 0.4) is 0 Å². The van der Waals surface area contributed by atoms with Crippen molar-refractivity contribution in [2.75, 3.05) is 0 Å². The Labute approximate surface area is 80.0 Å². The fourth-order valence-electron chi connectivity index (χ4n) is 1.73. The smallest absolute Gasteiger partial charge is 0.116 e. The van der Waals surface area contributed by atoms with Gasteiger partial charge in [0.15, 0.2) is 0 Å². The Hall–Kier alpha value is -2.03. The van der Waals surface area contributed by atoms with Crippen molar-refractivity contribution in [3.63, 3.8) is 0 Å². The summed E-state index contributed by atoms with van der Waals surface area (Å²) in [6.07, 6.45) is 1.86. The number of H-pyrrole nitrogens is 1. The van der Waals surface area contributed by atoms with Gasteiger partial charge in [0.2, 0.25) is 0 Å². The summed E-state index contributed by atoms with van der Waals surface area (Å²) in [5.41, 5.74) is 0.947. The van der Waals surface area contributed by atoms with Crippen molar-refractivity contribution in [2.24, 2.45) is 0 Å². The summed E-state index contributed by atoms with van der Waals surface area (Å²) < 4.78 is 0. The number of aromatic amines is 1. The molecule has 0 aliphatic rings. The number of nitrogens with zero attached hydrogens (tertiary/aromatic N) is 1. The highest BCUT2D eigenvalue weighted by molar-refractivity contribution is 6.05. The average molecular weight is 184 g/mol. The molecule has 2 aromatic carbocycles. The van der Waals surface area contributed by atoms with E-state index in [0.29, 0.717) is 0 Å². The molecule has 0 spiro atoms. The quantitative estimate of drug-likeness (QED) is 0.563. The second kappa shape index (κ2) is 2.48. The van der Waals surface area contributed by atoms with Gasteiger partial charge in [0.25, 0.3) is 0 Å². The normalized spacial score (nSPS) is 11.1. The minimum atomic E-state index is 0.285. The standard InChI is InChI=1S/C11H8N2O/c14-9-3-4-10-7(5-9)1-2-8-6-12-13-11(8)10/h1-6,14H,(H,12,13). The number of phenols is 1. The summed E-state index contributed by atoms with van der Waals surface area (Å²) in [6, 6.07) is 9.27. The van der Waals surface area contributed by atoms with Gasteiger partial charge >= 0.3 is 0 Å². The maximum Gasteiger partial charge on any atom is 0.116 e. The molecule has 0 unspecified atom stereocenters. The summed E-state index contributed by atoms with van der Waals surface area (Å²) in [5.74, 6) is 0.285. The van der Waals surface area contributed by atoms with Gasteiger partial charge in [0.05, 0.1) is 5.52 Å². The molecule has 3 rings (SSSR count). The zero-order valence-corrected chi connectivity index (χ0v) is 7.36. The van der Waals surface area contributed by atoms with E-state index < -0.39 is 0 Å². The summed E-state index contributed by atoms with van der Waals surface area (Å²) in [6.45, 7) is 0. The highest BCUT2D eigenvalue weighted by Gasteiger charge is 2.02. The number of hydrogen-bond acceptors (Lipinski definition) is 2. The lowest BCUT2D eigenvalue weighted by Gasteiger charge is -1.98. The lowest BCUT2D eigenvalue weighted by molar-refractivity contribution is 0.476. The molecule has 2 N–H and O–H groups in total. The van der Waals surface area contributed by atoms with Gasteiger partial charge in [-0.1, -0.05) is 12.1 Å². The second-order valence-corrected chi connectivity index (χ2v) is 3.29. The van der Waals surface area contributed by atoms with Crippen molar-refractivity contribution < 1.29 is 5.11 Å². The number of benzene rings is 2. The molecule has 0 atom stereocenters. The van der Waals surface area contributed by atoms with Gasteiger partial charge in [-0.25, -0.2) is 0 Å². The monoisotopic (exact) mass is 184 g/mol. The van der Waals surface area contributed by atoms with E-state index in [4.69, 9.17) is 0 Å². The largest absolute Gasteiger partial charge is 0.508 e. The molecule has 3 nitrogen and oxygen atoms in total. The second-order valence-electron chi connectivity index (χ2n) is 3.29. The topological polar surface area (TPSA) is 48.9 Å². The highest BCUT2D eigenvalue weighted by Crippen LogP contribution is 2.25. The molecule has 1 aromatic heterocycles. The molecule has 0 fully saturated rings. The van der Waals surface area contributed by atoms with Crippen LogP contribution in [0.4, 0.5) is 0 Å². The Balaban J connectivity index is 2.57. The van der Waals surface area contributed by atoms with Crippen LogP contribution in [0.5, 0.6) is 5.75 Å². The molecule has 3 heteroatoms. The summed E-state index contributed by atoms with van der Waals surface area (Å²) in [4.78, 5) is 0. The van der Waals surface area contributed by atoms with Crippen molar-refractivity contribution >= 4 is 21.7 Å². The van der Waals surface area contributed by atoms with Gasteiger partial charge in [-0.3, -0.25) is 5.10 Å². The maximum absolute atomic E-state index is 9.32. The van der Waals surface area contributed by atoms with Crippen molar-refractivity contribution in [2.45, 2.75) is 0 Å². The Bertz CT molecular complexity index is 613. The molecule has 0 saturated carbocycles. The van der Waals surface area contributed by atoms with Crippen molar-refractivity contribution in [1.29, 1.82) is 0 Å². The predicted octanol–water partition coefficient (Wildman–Crippen LogP) is 2.42. The number of fused-ring (bicyclic) bond motifs is 3.